The topological polar surface area (TPSA) is 96.4 Å². The first-order valence-electron chi connectivity index (χ1n) is 7.33. The quantitative estimate of drug-likeness (QED) is 0.815. The van der Waals surface area contributed by atoms with Gasteiger partial charge in [0.25, 0.3) is 0 Å². The zero-order valence-corrected chi connectivity index (χ0v) is 15.3. The summed E-state index contributed by atoms with van der Waals surface area (Å²) in [5.74, 6) is -1.25. The van der Waals surface area contributed by atoms with Gasteiger partial charge in [-0.1, -0.05) is 26.8 Å². The molecule has 6 nitrogen and oxygen atoms in total. The van der Waals surface area contributed by atoms with Crippen LogP contribution in [-0.2, 0) is 10.0 Å². The normalized spacial score (nSPS) is 13.6. The van der Waals surface area contributed by atoms with E-state index >= 15 is 0 Å². The first kappa shape index (κ1) is 18.6. The van der Waals surface area contributed by atoms with Crippen molar-refractivity contribution in [3.8, 4) is 0 Å². The Labute approximate surface area is 145 Å². The van der Waals surface area contributed by atoms with Crippen LogP contribution in [0.4, 0.5) is 0 Å². The van der Waals surface area contributed by atoms with Gasteiger partial charge in [0.2, 0.25) is 10.0 Å². The highest BCUT2D eigenvalue weighted by Gasteiger charge is 2.29. The first-order valence-corrected chi connectivity index (χ1v) is 9.69. The molecule has 2 rings (SSSR count). The molecule has 0 saturated heterocycles. The maximum absolute atomic E-state index is 12.7. The molecule has 0 spiro atoms. The van der Waals surface area contributed by atoms with E-state index in [-0.39, 0.29) is 15.2 Å². The third-order valence-corrected chi connectivity index (χ3v) is 5.86. The van der Waals surface area contributed by atoms with Crippen LogP contribution in [0.5, 0.6) is 0 Å². The van der Waals surface area contributed by atoms with E-state index in [0.29, 0.717) is 6.42 Å². The summed E-state index contributed by atoms with van der Waals surface area (Å²) >= 11 is 0.890. The Morgan fingerprint density at radius 2 is 2.08 bits per heavy atom. The minimum absolute atomic E-state index is 0.132. The van der Waals surface area contributed by atoms with Crippen molar-refractivity contribution in [1.82, 2.24) is 9.71 Å². The van der Waals surface area contributed by atoms with Crippen LogP contribution in [0.25, 0.3) is 0 Å². The second-order valence-electron chi connectivity index (χ2n) is 6.64. The molecule has 8 heteroatoms. The Morgan fingerprint density at radius 1 is 1.38 bits per heavy atom. The van der Waals surface area contributed by atoms with Crippen LogP contribution in [0.15, 0.2) is 40.9 Å². The van der Waals surface area contributed by atoms with Gasteiger partial charge in [0, 0.05) is 18.4 Å². The third kappa shape index (κ3) is 4.62. The van der Waals surface area contributed by atoms with Gasteiger partial charge in [0.05, 0.1) is 0 Å². The molecule has 0 aliphatic rings. The van der Waals surface area contributed by atoms with Gasteiger partial charge in [-0.15, -0.1) is 11.3 Å². The number of carbonyl (C=O) groups is 1. The second kappa shape index (κ2) is 7.00. The van der Waals surface area contributed by atoms with E-state index in [1.807, 2.05) is 20.8 Å². The molecule has 24 heavy (non-hydrogen) atoms. The lowest BCUT2D eigenvalue weighted by Crippen LogP contribution is -2.32. The average molecular weight is 368 g/mol. The number of thiophene rings is 1. The Kier molecular flexibility index (Phi) is 5.42. The van der Waals surface area contributed by atoms with Crippen LogP contribution >= 0.6 is 11.3 Å². The van der Waals surface area contributed by atoms with Crippen LogP contribution in [0.3, 0.4) is 0 Å². The number of carboxylic acid groups (broad SMARTS) is 1. The summed E-state index contributed by atoms with van der Waals surface area (Å²) in [7, 11) is -3.96. The number of pyridine rings is 1. The third-order valence-electron chi connectivity index (χ3n) is 3.31. The highest BCUT2D eigenvalue weighted by molar-refractivity contribution is 7.89. The number of hydrogen-bond acceptors (Lipinski definition) is 5. The zero-order valence-electron chi connectivity index (χ0n) is 13.7. The SMILES string of the molecule is CC(C)(C)CC(NS(=O)(=O)c1ccsc1C(=O)O)c1cccnc1. The lowest BCUT2D eigenvalue weighted by molar-refractivity contribution is 0.0698. The van der Waals surface area contributed by atoms with Gasteiger partial charge < -0.3 is 5.11 Å². The van der Waals surface area contributed by atoms with E-state index in [4.69, 9.17) is 5.11 Å². The molecular weight excluding hydrogens is 348 g/mol. The number of aromatic nitrogens is 1. The summed E-state index contributed by atoms with van der Waals surface area (Å²) in [6, 6.07) is 4.36. The summed E-state index contributed by atoms with van der Waals surface area (Å²) in [5.41, 5.74) is 0.607. The fourth-order valence-corrected chi connectivity index (χ4v) is 4.82. The summed E-state index contributed by atoms with van der Waals surface area (Å²) in [6.45, 7) is 6.04. The van der Waals surface area contributed by atoms with E-state index in [1.54, 1.807) is 24.5 Å². The predicted octanol–water partition coefficient (Wildman–Crippen LogP) is 3.30. The fraction of sp³-hybridized carbons (Fsp3) is 0.375. The van der Waals surface area contributed by atoms with Gasteiger partial charge in [0.1, 0.15) is 9.77 Å². The van der Waals surface area contributed by atoms with Crippen molar-refractivity contribution in [2.45, 2.75) is 38.1 Å². The molecule has 2 aromatic rings. The molecule has 0 aromatic carbocycles. The molecule has 0 amide bonds. The van der Waals surface area contributed by atoms with Crippen molar-refractivity contribution in [2.75, 3.05) is 0 Å². The minimum atomic E-state index is -3.96. The molecule has 2 aromatic heterocycles. The predicted molar refractivity (Wildman–Crippen MR) is 92.6 cm³/mol. The summed E-state index contributed by atoms with van der Waals surface area (Å²) in [4.78, 5) is 14.9. The minimum Gasteiger partial charge on any atom is -0.477 e. The number of nitrogens with zero attached hydrogens (tertiary/aromatic N) is 1. The van der Waals surface area contributed by atoms with Crippen molar-refractivity contribution in [3.63, 3.8) is 0 Å². The molecule has 2 heterocycles. The van der Waals surface area contributed by atoms with E-state index in [1.165, 1.54) is 11.4 Å². The van der Waals surface area contributed by atoms with Crippen LogP contribution < -0.4 is 4.72 Å². The Balaban J connectivity index is 2.38. The van der Waals surface area contributed by atoms with Crippen LogP contribution in [-0.4, -0.2) is 24.5 Å². The molecule has 0 aliphatic heterocycles. The summed E-state index contributed by atoms with van der Waals surface area (Å²) < 4.78 is 28.0. The van der Waals surface area contributed by atoms with E-state index < -0.39 is 22.0 Å². The smallest absolute Gasteiger partial charge is 0.347 e. The number of rotatable bonds is 6. The largest absolute Gasteiger partial charge is 0.477 e. The van der Waals surface area contributed by atoms with Crippen LogP contribution in [0.1, 0.15) is 48.5 Å². The maximum Gasteiger partial charge on any atom is 0.347 e. The molecule has 0 bridgehead atoms. The Hall–Kier alpha value is -1.77. The van der Waals surface area contributed by atoms with Crippen molar-refractivity contribution in [3.05, 3.63) is 46.4 Å². The van der Waals surface area contributed by atoms with Crippen molar-refractivity contribution in [1.29, 1.82) is 0 Å². The molecule has 0 aliphatic carbocycles. The highest BCUT2D eigenvalue weighted by Crippen LogP contribution is 2.31. The first-order chi connectivity index (χ1) is 11.1. The van der Waals surface area contributed by atoms with E-state index in [9.17, 15) is 13.2 Å². The molecule has 0 radical (unpaired) electrons. The van der Waals surface area contributed by atoms with Gasteiger partial charge >= 0.3 is 5.97 Å². The van der Waals surface area contributed by atoms with Crippen molar-refractivity contribution < 1.29 is 18.3 Å². The molecule has 1 atom stereocenters. The fourth-order valence-electron chi connectivity index (χ4n) is 2.34. The molecule has 1 unspecified atom stereocenters. The van der Waals surface area contributed by atoms with Gasteiger partial charge in [-0.05, 0) is 34.9 Å². The lowest BCUT2D eigenvalue weighted by Gasteiger charge is -2.26. The monoisotopic (exact) mass is 368 g/mol. The van der Waals surface area contributed by atoms with E-state index in [2.05, 4.69) is 9.71 Å². The van der Waals surface area contributed by atoms with Crippen LogP contribution in [0.2, 0.25) is 0 Å². The summed E-state index contributed by atoms with van der Waals surface area (Å²) in [5, 5.41) is 10.6. The Morgan fingerprint density at radius 3 is 2.62 bits per heavy atom. The highest BCUT2D eigenvalue weighted by atomic mass is 32.2. The second-order valence-corrected chi connectivity index (χ2v) is 9.24. The average Bonchev–Trinajstić information content (AvgIpc) is 2.96. The Bertz CT molecular complexity index is 808. The molecule has 0 saturated carbocycles. The van der Waals surface area contributed by atoms with Gasteiger partial charge in [-0.25, -0.2) is 17.9 Å². The van der Waals surface area contributed by atoms with Crippen molar-refractivity contribution in [2.24, 2.45) is 5.41 Å². The number of nitrogens with one attached hydrogen (secondary N) is 1. The van der Waals surface area contributed by atoms with E-state index in [0.717, 1.165) is 16.9 Å². The standard InChI is InChI=1S/C16H20N2O4S2/c1-16(2,3)9-12(11-5-4-7-17-10-11)18-24(21,22)13-6-8-23-14(13)15(19)20/h4-8,10,12,18H,9H2,1-3H3,(H,19,20). The number of aromatic carboxylic acids is 1. The van der Waals surface area contributed by atoms with Crippen molar-refractivity contribution >= 4 is 27.3 Å². The van der Waals surface area contributed by atoms with Gasteiger partial charge in [-0.3, -0.25) is 4.98 Å². The lowest BCUT2D eigenvalue weighted by atomic mass is 9.86. The number of sulfonamides is 1. The maximum atomic E-state index is 12.7. The molecule has 130 valence electrons. The zero-order chi connectivity index (χ0) is 18.0. The van der Waals surface area contributed by atoms with Gasteiger partial charge in [-0.2, -0.15) is 0 Å². The number of carboxylic acids is 1. The van der Waals surface area contributed by atoms with Crippen LogP contribution in [0, 0.1) is 5.41 Å². The molecule has 0 fully saturated rings. The number of hydrogen-bond donors (Lipinski definition) is 2. The summed E-state index contributed by atoms with van der Waals surface area (Å²) in [6.07, 6.45) is 3.78. The molecule has 2 N–H and O–H groups in total. The molecular formula is C16H20N2O4S2. The van der Waals surface area contributed by atoms with Gasteiger partial charge in [0.15, 0.2) is 0 Å².